The monoisotopic (exact) mass is 176 g/mol. The van der Waals surface area contributed by atoms with Gasteiger partial charge in [0.25, 0.3) is 0 Å². The van der Waals surface area contributed by atoms with Gasteiger partial charge in [0, 0.05) is 13.1 Å². The molecule has 0 aromatic carbocycles. The normalized spacial score (nSPS) is 42.6. The Morgan fingerprint density at radius 1 is 1.00 bits per heavy atom. The third-order valence-electron chi connectivity index (χ3n) is 2.15. The Labute approximate surface area is 69.7 Å². The van der Waals surface area contributed by atoms with Crippen molar-refractivity contribution in [3.05, 3.63) is 0 Å². The van der Waals surface area contributed by atoms with E-state index in [9.17, 15) is 0 Å². The van der Waals surface area contributed by atoms with E-state index >= 15 is 0 Å². The van der Waals surface area contributed by atoms with Crippen molar-refractivity contribution in [3.63, 3.8) is 0 Å². The van der Waals surface area contributed by atoms with Crippen molar-refractivity contribution in [2.45, 2.75) is 10.7 Å². The lowest BCUT2D eigenvalue weighted by Gasteiger charge is -2.47. The van der Waals surface area contributed by atoms with Gasteiger partial charge < -0.3 is 0 Å². The zero-order chi connectivity index (χ0) is 7.14. The van der Waals surface area contributed by atoms with Gasteiger partial charge in [-0.25, -0.2) is 0 Å². The van der Waals surface area contributed by atoms with Gasteiger partial charge in [-0.1, -0.05) is 21.6 Å². The minimum atomic E-state index is 0.736. The first-order valence-corrected chi connectivity index (χ1v) is 5.77. The van der Waals surface area contributed by atoms with Crippen LogP contribution >= 0.6 is 21.6 Å². The summed E-state index contributed by atoms with van der Waals surface area (Å²) in [4.78, 5) is 4.90. The fourth-order valence-corrected chi connectivity index (χ4v) is 4.67. The van der Waals surface area contributed by atoms with Gasteiger partial charge in [-0.3, -0.25) is 9.80 Å². The molecule has 10 heavy (non-hydrogen) atoms. The van der Waals surface area contributed by atoms with Crippen LogP contribution in [0.1, 0.15) is 0 Å². The molecule has 0 radical (unpaired) electrons. The van der Waals surface area contributed by atoms with Gasteiger partial charge in [0.1, 0.15) is 0 Å². The van der Waals surface area contributed by atoms with E-state index in [1.807, 2.05) is 21.6 Å². The molecule has 3 saturated heterocycles. The van der Waals surface area contributed by atoms with Gasteiger partial charge in [0.15, 0.2) is 0 Å². The van der Waals surface area contributed by atoms with E-state index < -0.39 is 0 Å². The second-order valence-corrected chi connectivity index (χ2v) is 5.61. The number of likely N-dealkylation sites (N-methyl/N-ethyl adjacent to an activating group) is 2. The molecule has 2 unspecified atom stereocenters. The summed E-state index contributed by atoms with van der Waals surface area (Å²) < 4.78 is 0. The maximum atomic E-state index is 2.45. The molecule has 2 bridgehead atoms. The molecule has 0 aliphatic carbocycles. The fourth-order valence-electron chi connectivity index (χ4n) is 1.34. The van der Waals surface area contributed by atoms with E-state index in [1.165, 1.54) is 13.1 Å². The predicted molar refractivity (Wildman–Crippen MR) is 48.0 cm³/mol. The average Bonchev–Trinajstić information content (AvgIpc) is 1.91. The van der Waals surface area contributed by atoms with Gasteiger partial charge in [-0.2, -0.15) is 0 Å². The Hall–Kier alpha value is 0.620. The van der Waals surface area contributed by atoms with Crippen LogP contribution < -0.4 is 0 Å². The fraction of sp³-hybridized carbons (Fsp3) is 1.00. The van der Waals surface area contributed by atoms with Crippen LogP contribution in [0.3, 0.4) is 0 Å². The summed E-state index contributed by atoms with van der Waals surface area (Å²) in [6, 6.07) is 0. The molecule has 2 nitrogen and oxygen atoms in total. The van der Waals surface area contributed by atoms with Crippen LogP contribution in [-0.4, -0.2) is 47.7 Å². The average molecular weight is 176 g/mol. The molecule has 58 valence electrons. The van der Waals surface area contributed by atoms with Crippen molar-refractivity contribution >= 4 is 21.6 Å². The summed E-state index contributed by atoms with van der Waals surface area (Å²) in [7, 11) is 8.49. The van der Waals surface area contributed by atoms with E-state index in [0.29, 0.717) is 0 Å². The van der Waals surface area contributed by atoms with Crippen molar-refractivity contribution in [2.75, 3.05) is 27.2 Å². The summed E-state index contributed by atoms with van der Waals surface area (Å²) in [5.74, 6) is 0. The lowest BCUT2D eigenvalue weighted by atomic mass is 10.3. The molecule has 0 N–H and O–H groups in total. The third-order valence-corrected chi connectivity index (χ3v) is 5.39. The lowest BCUT2D eigenvalue weighted by molar-refractivity contribution is 0.142. The second kappa shape index (κ2) is 2.59. The van der Waals surface area contributed by atoms with Crippen molar-refractivity contribution in [1.82, 2.24) is 9.80 Å². The first-order valence-electron chi connectivity index (χ1n) is 3.50. The second-order valence-electron chi connectivity index (χ2n) is 2.98. The highest BCUT2D eigenvalue weighted by molar-refractivity contribution is 8.77. The number of rotatable bonds is 0. The molecule has 0 spiro atoms. The third kappa shape index (κ3) is 1.07. The van der Waals surface area contributed by atoms with E-state index in [-0.39, 0.29) is 0 Å². The molecule has 3 rings (SSSR count). The van der Waals surface area contributed by atoms with Crippen LogP contribution in [0.25, 0.3) is 0 Å². The number of fused-ring (bicyclic) bond motifs is 3. The quantitative estimate of drug-likeness (QED) is 0.506. The van der Waals surface area contributed by atoms with E-state index in [0.717, 1.165) is 10.7 Å². The Morgan fingerprint density at radius 2 is 1.40 bits per heavy atom. The summed E-state index contributed by atoms with van der Waals surface area (Å²) in [5, 5.41) is 1.47. The molecule has 0 aromatic heterocycles. The van der Waals surface area contributed by atoms with Gasteiger partial charge >= 0.3 is 0 Å². The minimum absolute atomic E-state index is 0.736. The molecule has 3 aliphatic rings. The minimum Gasteiger partial charge on any atom is -0.290 e. The number of hydrogen-bond donors (Lipinski definition) is 0. The number of hydrogen-bond acceptors (Lipinski definition) is 4. The predicted octanol–water partition coefficient (Wildman–Crippen LogP) is 0.911. The molecule has 3 heterocycles. The highest BCUT2D eigenvalue weighted by Crippen LogP contribution is 2.43. The number of nitrogens with zero attached hydrogens (tertiary/aromatic N) is 2. The van der Waals surface area contributed by atoms with Gasteiger partial charge in [-0.15, -0.1) is 0 Å². The van der Waals surface area contributed by atoms with Crippen LogP contribution in [0.2, 0.25) is 0 Å². The SMILES string of the molecule is CN1CC2SSC1CN2C. The topological polar surface area (TPSA) is 6.48 Å². The highest BCUT2D eigenvalue weighted by Gasteiger charge is 2.36. The molecular weight excluding hydrogens is 164 g/mol. The van der Waals surface area contributed by atoms with E-state index in [4.69, 9.17) is 0 Å². The van der Waals surface area contributed by atoms with Crippen molar-refractivity contribution in [1.29, 1.82) is 0 Å². The maximum absolute atomic E-state index is 2.45. The lowest BCUT2D eigenvalue weighted by Crippen LogP contribution is -2.55. The summed E-state index contributed by atoms with van der Waals surface area (Å²) in [5.41, 5.74) is 0. The Bertz CT molecular complexity index is 126. The van der Waals surface area contributed by atoms with Gasteiger partial charge in [0.05, 0.1) is 10.7 Å². The van der Waals surface area contributed by atoms with Crippen molar-refractivity contribution in [2.24, 2.45) is 0 Å². The molecule has 0 amide bonds. The first-order chi connectivity index (χ1) is 4.77. The molecular formula is C6H12N2S2. The molecule has 3 aliphatic heterocycles. The summed E-state index contributed by atoms with van der Waals surface area (Å²) in [6.07, 6.45) is 0. The van der Waals surface area contributed by atoms with Crippen LogP contribution in [0.5, 0.6) is 0 Å². The Balaban J connectivity index is 2.09. The molecule has 4 heteroatoms. The Morgan fingerprint density at radius 3 is 1.60 bits per heavy atom. The van der Waals surface area contributed by atoms with Crippen LogP contribution in [-0.2, 0) is 0 Å². The summed E-state index contributed by atoms with van der Waals surface area (Å²) in [6.45, 7) is 2.47. The largest absolute Gasteiger partial charge is 0.290 e. The number of piperazine rings is 1. The summed E-state index contributed by atoms with van der Waals surface area (Å²) >= 11 is 0. The van der Waals surface area contributed by atoms with Crippen LogP contribution in [0, 0.1) is 0 Å². The molecule has 3 fully saturated rings. The van der Waals surface area contributed by atoms with E-state index in [2.05, 4.69) is 23.9 Å². The maximum Gasteiger partial charge on any atom is 0.0789 e. The molecule has 0 saturated carbocycles. The zero-order valence-corrected chi connectivity index (χ0v) is 7.91. The van der Waals surface area contributed by atoms with Crippen LogP contribution in [0.4, 0.5) is 0 Å². The van der Waals surface area contributed by atoms with Crippen molar-refractivity contribution in [3.8, 4) is 0 Å². The molecule has 2 atom stereocenters. The first kappa shape index (κ1) is 7.28. The van der Waals surface area contributed by atoms with Gasteiger partial charge in [0.2, 0.25) is 0 Å². The van der Waals surface area contributed by atoms with Crippen LogP contribution in [0.15, 0.2) is 0 Å². The zero-order valence-electron chi connectivity index (χ0n) is 6.28. The standard InChI is InChI=1S/C6H12N2S2/c1-7-3-6-8(2)4-5(7)9-10-6/h5-6H,3-4H2,1-2H3. The van der Waals surface area contributed by atoms with Gasteiger partial charge in [-0.05, 0) is 14.1 Å². The molecule has 0 aromatic rings. The highest BCUT2D eigenvalue weighted by atomic mass is 33.1. The van der Waals surface area contributed by atoms with E-state index in [1.54, 1.807) is 0 Å². The Kier molecular flexibility index (Phi) is 1.88. The smallest absolute Gasteiger partial charge is 0.0789 e. The van der Waals surface area contributed by atoms with Crippen molar-refractivity contribution < 1.29 is 0 Å².